The van der Waals surface area contributed by atoms with Crippen molar-refractivity contribution >= 4 is 33.0 Å². The van der Waals surface area contributed by atoms with Gasteiger partial charge in [0.05, 0.1) is 10.0 Å². The Morgan fingerprint density at radius 2 is 2.29 bits per heavy atom. The van der Waals surface area contributed by atoms with Crippen molar-refractivity contribution in [3.05, 3.63) is 28.1 Å². The van der Waals surface area contributed by atoms with Gasteiger partial charge in [-0.2, -0.15) is 0 Å². The van der Waals surface area contributed by atoms with Gasteiger partial charge >= 0.3 is 5.97 Å². The number of oxazole rings is 1. The maximum Gasteiger partial charge on any atom is 0.335 e. The number of benzene rings is 1. The minimum absolute atomic E-state index is 0.192. The Morgan fingerprint density at radius 1 is 1.57 bits per heavy atom. The summed E-state index contributed by atoms with van der Waals surface area (Å²) in [6.45, 7) is 1.72. The fourth-order valence-electron chi connectivity index (χ4n) is 1.23. The predicted molar refractivity (Wildman–Crippen MR) is 53.4 cm³/mol. The molecular formula is C9H6BrNO3. The van der Waals surface area contributed by atoms with E-state index in [4.69, 9.17) is 9.52 Å². The summed E-state index contributed by atoms with van der Waals surface area (Å²) in [5.74, 6) is -0.462. The second-order valence-electron chi connectivity index (χ2n) is 2.84. The third-order valence-corrected chi connectivity index (χ3v) is 2.39. The summed E-state index contributed by atoms with van der Waals surface area (Å²) in [5.41, 5.74) is 1.32. The van der Waals surface area contributed by atoms with Crippen LogP contribution in [0.4, 0.5) is 0 Å². The van der Waals surface area contributed by atoms with Crippen LogP contribution in [0.15, 0.2) is 21.0 Å². The third kappa shape index (κ3) is 1.39. The molecule has 14 heavy (non-hydrogen) atoms. The fraction of sp³-hybridized carbons (Fsp3) is 0.111. The predicted octanol–water partition coefficient (Wildman–Crippen LogP) is 2.60. The summed E-state index contributed by atoms with van der Waals surface area (Å²) < 4.78 is 5.89. The second-order valence-corrected chi connectivity index (χ2v) is 3.70. The summed E-state index contributed by atoms with van der Waals surface area (Å²) in [7, 11) is 0. The highest BCUT2D eigenvalue weighted by Crippen LogP contribution is 2.26. The first kappa shape index (κ1) is 9.21. The summed E-state index contributed by atoms with van der Waals surface area (Å²) in [4.78, 5) is 14.8. The van der Waals surface area contributed by atoms with Crippen LogP contribution in [0.2, 0.25) is 0 Å². The van der Waals surface area contributed by atoms with Crippen LogP contribution in [0.1, 0.15) is 16.2 Å². The van der Waals surface area contributed by atoms with Gasteiger partial charge in [0.25, 0.3) is 0 Å². The zero-order valence-corrected chi connectivity index (χ0v) is 8.83. The molecule has 1 N–H and O–H groups in total. The second kappa shape index (κ2) is 3.09. The van der Waals surface area contributed by atoms with Crippen LogP contribution in [0.3, 0.4) is 0 Å². The molecular weight excluding hydrogens is 250 g/mol. The van der Waals surface area contributed by atoms with E-state index in [1.165, 1.54) is 12.1 Å². The van der Waals surface area contributed by atoms with Crippen LogP contribution in [-0.4, -0.2) is 16.1 Å². The molecule has 0 spiro atoms. The molecule has 0 aliphatic rings. The van der Waals surface area contributed by atoms with Crippen molar-refractivity contribution in [1.82, 2.24) is 4.98 Å². The van der Waals surface area contributed by atoms with Gasteiger partial charge in [-0.05, 0) is 28.1 Å². The van der Waals surface area contributed by atoms with Gasteiger partial charge in [-0.15, -0.1) is 0 Å². The Morgan fingerprint density at radius 3 is 2.93 bits per heavy atom. The Balaban J connectivity index is 2.77. The van der Waals surface area contributed by atoms with Crippen LogP contribution < -0.4 is 0 Å². The Hall–Kier alpha value is -1.36. The molecule has 1 heterocycles. The van der Waals surface area contributed by atoms with E-state index in [2.05, 4.69) is 20.9 Å². The first-order chi connectivity index (χ1) is 6.58. The van der Waals surface area contributed by atoms with Crippen LogP contribution >= 0.6 is 15.9 Å². The van der Waals surface area contributed by atoms with Gasteiger partial charge in [-0.3, -0.25) is 0 Å². The number of carboxylic acids is 1. The first-order valence-electron chi connectivity index (χ1n) is 3.88. The summed E-state index contributed by atoms with van der Waals surface area (Å²) in [6.07, 6.45) is 0. The molecule has 0 fully saturated rings. The van der Waals surface area contributed by atoms with E-state index in [1.54, 1.807) is 6.92 Å². The molecule has 0 radical (unpaired) electrons. The van der Waals surface area contributed by atoms with Crippen molar-refractivity contribution in [2.24, 2.45) is 0 Å². The normalized spacial score (nSPS) is 10.7. The number of carbonyl (C=O) groups is 1. The first-order valence-corrected chi connectivity index (χ1v) is 4.67. The van der Waals surface area contributed by atoms with Crippen molar-refractivity contribution in [3.63, 3.8) is 0 Å². The van der Waals surface area contributed by atoms with Gasteiger partial charge in [0.15, 0.2) is 11.5 Å². The molecule has 2 rings (SSSR count). The summed E-state index contributed by atoms with van der Waals surface area (Å²) in [6, 6.07) is 2.98. The number of aromatic carboxylic acids is 1. The molecule has 0 aliphatic carbocycles. The SMILES string of the molecule is Cc1nc2cc(C(=O)O)cc(Br)c2o1. The number of rotatable bonds is 1. The summed E-state index contributed by atoms with van der Waals surface area (Å²) in [5, 5.41) is 8.80. The van der Waals surface area contributed by atoms with E-state index in [-0.39, 0.29) is 5.56 Å². The number of aromatic nitrogens is 1. The number of halogens is 1. The van der Waals surface area contributed by atoms with Crippen molar-refractivity contribution in [1.29, 1.82) is 0 Å². The maximum atomic E-state index is 10.7. The smallest absolute Gasteiger partial charge is 0.335 e. The highest BCUT2D eigenvalue weighted by Gasteiger charge is 2.11. The van der Waals surface area contributed by atoms with Gasteiger partial charge in [0.2, 0.25) is 0 Å². The van der Waals surface area contributed by atoms with Crippen molar-refractivity contribution in [2.45, 2.75) is 6.92 Å². The lowest BCUT2D eigenvalue weighted by Crippen LogP contribution is -1.95. The minimum Gasteiger partial charge on any atom is -0.478 e. The van der Waals surface area contributed by atoms with Gasteiger partial charge in [0.1, 0.15) is 5.52 Å². The average molecular weight is 256 g/mol. The van der Waals surface area contributed by atoms with Gasteiger partial charge in [0, 0.05) is 6.92 Å². The van der Waals surface area contributed by atoms with Gasteiger partial charge in [-0.25, -0.2) is 9.78 Å². The van der Waals surface area contributed by atoms with E-state index in [9.17, 15) is 4.79 Å². The molecule has 1 aromatic carbocycles. The molecule has 0 saturated heterocycles. The Labute approximate surface area is 87.7 Å². The molecule has 0 amide bonds. The van der Waals surface area contributed by atoms with Gasteiger partial charge < -0.3 is 9.52 Å². The number of fused-ring (bicyclic) bond motifs is 1. The molecule has 0 aliphatic heterocycles. The highest BCUT2D eigenvalue weighted by atomic mass is 79.9. The molecule has 72 valence electrons. The van der Waals surface area contributed by atoms with Crippen LogP contribution in [0.25, 0.3) is 11.1 Å². The van der Waals surface area contributed by atoms with Gasteiger partial charge in [-0.1, -0.05) is 0 Å². The van der Waals surface area contributed by atoms with Crippen LogP contribution in [0.5, 0.6) is 0 Å². The topological polar surface area (TPSA) is 63.3 Å². The average Bonchev–Trinajstić information content (AvgIpc) is 2.45. The monoisotopic (exact) mass is 255 g/mol. The molecule has 2 aromatic rings. The van der Waals surface area contributed by atoms with Crippen molar-refractivity contribution in [2.75, 3.05) is 0 Å². The lowest BCUT2D eigenvalue weighted by molar-refractivity contribution is 0.0697. The van der Waals surface area contributed by atoms with E-state index >= 15 is 0 Å². The largest absolute Gasteiger partial charge is 0.478 e. The number of hydrogen-bond acceptors (Lipinski definition) is 3. The highest BCUT2D eigenvalue weighted by molar-refractivity contribution is 9.10. The molecule has 5 heteroatoms. The zero-order chi connectivity index (χ0) is 10.3. The molecule has 0 bridgehead atoms. The Bertz CT molecular complexity index is 518. The standard InChI is InChI=1S/C9H6BrNO3/c1-4-11-7-3-5(9(12)13)2-6(10)8(7)14-4/h2-3H,1H3,(H,12,13). The third-order valence-electron chi connectivity index (χ3n) is 1.80. The van der Waals surface area contributed by atoms with E-state index in [0.29, 0.717) is 21.5 Å². The minimum atomic E-state index is -0.978. The van der Waals surface area contributed by atoms with Crippen LogP contribution in [-0.2, 0) is 0 Å². The Kier molecular flexibility index (Phi) is 2.03. The van der Waals surface area contributed by atoms with E-state index in [0.717, 1.165) is 0 Å². The lowest BCUT2D eigenvalue weighted by Gasteiger charge is -1.95. The number of aryl methyl sites for hydroxylation is 1. The molecule has 0 unspecified atom stereocenters. The van der Waals surface area contributed by atoms with E-state index < -0.39 is 5.97 Å². The molecule has 4 nitrogen and oxygen atoms in total. The maximum absolute atomic E-state index is 10.7. The van der Waals surface area contributed by atoms with Crippen LogP contribution in [0, 0.1) is 6.92 Å². The number of nitrogens with zero attached hydrogens (tertiary/aromatic N) is 1. The summed E-state index contributed by atoms with van der Waals surface area (Å²) >= 11 is 3.23. The van der Waals surface area contributed by atoms with Crippen molar-refractivity contribution < 1.29 is 14.3 Å². The van der Waals surface area contributed by atoms with Crippen molar-refractivity contribution in [3.8, 4) is 0 Å². The molecule has 1 aromatic heterocycles. The molecule has 0 saturated carbocycles. The zero-order valence-electron chi connectivity index (χ0n) is 7.24. The van der Waals surface area contributed by atoms with E-state index in [1.807, 2.05) is 0 Å². The lowest BCUT2D eigenvalue weighted by atomic mass is 10.2. The molecule has 0 atom stereocenters. The number of hydrogen-bond donors (Lipinski definition) is 1. The number of carboxylic acid groups (broad SMARTS) is 1. The quantitative estimate of drug-likeness (QED) is 0.851. The fourth-order valence-corrected chi connectivity index (χ4v) is 1.76.